The molecule has 0 unspecified atom stereocenters. The van der Waals surface area contributed by atoms with Crippen LogP contribution in [0, 0.1) is 0 Å². The fourth-order valence-corrected chi connectivity index (χ4v) is 1.97. The molecule has 0 fully saturated rings. The highest BCUT2D eigenvalue weighted by Gasteiger charge is 2.05. The van der Waals surface area contributed by atoms with E-state index in [2.05, 4.69) is 5.32 Å². The molecule has 0 saturated carbocycles. The highest BCUT2D eigenvalue weighted by molar-refractivity contribution is 7.98. The molecule has 0 heterocycles. The van der Waals surface area contributed by atoms with Crippen LogP contribution < -0.4 is 11.1 Å². The number of benzene rings is 2. The highest BCUT2D eigenvalue weighted by atomic mass is 32.2. The van der Waals surface area contributed by atoms with Crippen molar-refractivity contribution in [3.8, 4) is 0 Å². The fraction of sp³-hybridized carbons (Fsp3) is 0.0714. The molecule has 2 aromatic carbocycles. The first kappa shape index (κ1) is 12.5. The Labute approximate surface area is 110 Å². The van der Waals surface area contributed by atoms with Crippen molar-refractivity contribution < 1.29 is 4.79 Å². The zero-order valence-corrected chi connectivity index (χ0v) is 10.8. The van der Waals surface area contributed by atoms with Gasteiger partial charge in [0, 0.05) is 21.8 Å². The summed E-state index contributed by atoms with van der Waals surface area (Å²) in [5.41, 5.74) is 7.57. The van der Waals surface area contributed by atoms with E-state index in [1.54, 1.807) is 36.0 Å². The molecule has 3 nitrogen and oxygen atoms in total. The normalized spacial score (nSPS) is 10.1. The molecule has 0 aliphatic rings. The quantitative estimate of drug-likeness (QED) is 0.656. The smallest absolute Gasteiger partial charge is 0.255 e. The third kappa shape index (κ3) is 3.05. The van der Waals surface area contributed by atoms with Gasteiger partial charge in [0.05, 0.1) is 0 Å². The zero-order chi connectivity index (χ0) is 13.0. The lowest BCUT2D eigenvalue weighted by atomic mass is 10.2. The van der Waals surface area contributed by atoms with Crippen LogP contribution in [0.1, 0.15) is 10.4 Å². The van der Waals surface area contributed by atoms with E-state index in [4.69, 9.17) is 5.73 Å². The lowest BCUT2D eigenvalue weighted by Crippen LogP contribution is -2.11. The number of nitrogens with one attached hydrogen (secondary N) is 1. The summed E-state index contributed by atoms with van der Waals surface area (Å²) >= 11 is 1.67. The molecule has 92 valence electrons. The first-order valence-corrected chi connectivity index (χ1v) is 6.72. The minimum Gasteiger partial charge on any atom is -0.399 e. The monoisotopic (exact) mass is 258 g/mol. The second-order valence-electron chi connectivity index (χ2n) is 3.81. The highest BCUT2D eigenvalue weighted by Crippen LogP contribution is 2.18. The van der Waals surface area contributed by atoms with Crippen molar-refractivity contribution in [2.24, 2.45) is 0 Å². The van der Waals surface area contributed by atoms with Gasteiger partial charge in [-0.05, 0) is 48.7 Å². The number of nitrogens with two attached hydrogens (primary N) is 1. The SMILES string of the molecule is CSc1ccc(NC(=O)c2cccc(N)c2)cc1. The first-order valence-electron chi connectivity index (χ1n) is 5.50. The number of rotatable bonds is 3. The van der Waals surface area contributed by atoms with E-state index in [0.29, 0.717) is 11.3 Å². The summed E-state index contributed by atoms with van der Waals surface area (Å²) in [6, 6.07) is 14.6. The largest absolute Gasteiger partial charge is 0.399 e. The van der Waals surface area contributed by atoms with Crippen LogP contribution in [0.25, 0.3) is 0 Å². The number of hydrogen-bond acceptors (Lipinski definition) is 3. The van der Waals surface area contributed by atoms with Crippen LogP contribution in [-0.4, -0.2) is 12.2 Å². The minimum absolute atomic E-state index is 0.154. The summed E-state index contributed by atoms with van der Waals surface area (Å²) in [5.74, 6) is -0.154. The van der Waals surface area contributed by atoms with Crippen molar-refractivity contribution in [2.75, 3.05) is 17.3 Å². The molecule has 18 heavy (non-hydrogen) atoms. The number of hydrogen-bond donors (Lipinski definition) is 2. The molecule has 0 atom stereocenters. The van der Waals surface area contributed by atoms with E-state index >= 15 is 0 Å². The van der Waals surface area contributed by atoms with E-state index in [0.717, 1.165) is 10.6 Å². The van der Waals surface area contributed by atoms with E-state index < -0.39 is 0 Å². The van der Waals surface area contributed by atoms with Gasteiger partial charge in [-0.3, -0.25) is 4.79 Å². The Balaban J connectivity index is 2.11. The Hall–Kier alpha value is -1.94. The number of carbonyl (C=O) groups excluding carboxylic acids is 1. The van der Waals surface area contributed by atoms with Gasteiger partial charge in [-0.1, -0.05) is 6.07 Å². The molecule has 0 aromatic heterocycles. The predicted molar refractivity (Wildman–Crippen MR) is 77.0 cm³/mol. The Morgan fingerprint density at radius 1 is 1.17 bits per heavy atom. The minimum atomic E-state index is -0.154. The Morgan fingerprint density at radius 2 is 1.89 bits per heavy atom. The van der Waals surface area contributed by atoms with Crippen molar-refractivity contribution in [1.29, 1.82) is 0 Å². The standard InChI is InChI=1S/C14H14N2OS/c1-18-13-7-5-12(6-8-13)16-14(17)10-3-2-4-11(15)9-10/h2-9H,15H2,1H3,(H,16,17). The van der Waals surface area contributed by atoms with Crippen molar-refractivity contribution in [3.63, 3.8) is 0 Å². The molecule has 0 bridgehead atoms. The van der Waals surface area contributed by atoms with Gasteiger partial charge >= 0.3 is 0 Å². The van der Waals surface area contributed by atoms with Crippen molar-refractivity contribution in [2.45, 2.75) is 4.90 Å². The van der Waals surface area contributed by atoms with Crippen LogP contribution in [0.2, 0.25) is 0 Å². The molecule has 0 radical (unpaired) electrons. The van der Waals surface area contributed by atoms with Gasteiger partial charge in [0.2, 0.25) is 0 Å². The summed E-state index contributed by atoms with van der Waals surface area (Å²) < 4.78 is 0. The molecule has 4 heteroatoms. The van der Waals surface area contributed by atoms with E-state index in [1.165, 1.54) is 0 Å². The van der Waals surface area contributed by atoms with Gasteiger partial charge in [0.1, 0.15) is 0 Å². The van der Waals surface area contributed by atoms with Gasteiger partial charge in [0.15, 0.2) is 0 Å². The topological polar surface area (TPSA) is 55.1 Å². The summed E-state index contributed by atoms with van der Waals surface area (Å²) in [4.78, 5) is 13.1. The number of amides is 1. The molecule has 1 amide bonds. The van der Waals surface area contributed by atoms with Crippen LogP contribution in [0.15, 0.2) is 53.4 Å². The second-order valence-corrected chi connectivity index (χ2v) is 4.69. The third-order valence-electron chi connectivity index (χ3n) is 2.50. The lowest BCUT2D eigenvalue weighted by molar-refractivity contribution is 0.102. The lowest BCUT2D eigenvalue weighted by Gasteiger charge is -2.06. The van der Waals surface area contributed by atoms with Crippen molar-refractivity contribution >= 4 is 29.0 Å². The summed E-state index contributed by atoms with van der Waals surface area (Å²) in [6.07, 6.45) is 2.01. The Kier molecular flexibility index (Phi) is 3.89. The average Bonchev–Trinajstić information content (AvgIpc) is 2.39. The predicted octanol–water partition coefficient (Wildman–Crippen LogP) is 3.24. The van der Waals surface area contributed by atoms with Crippen LogP contribution in [0.4, 0.5) is 11.4 Å². The number of carbonyl (C=O) groups is 1. The fourth-order valence-electron chi connectivity index (χ4n) is 1.56. The zero-order valence-electron chi connectivity index (χ0n) is 10.0. The molecular formula is C14H14N2OS. The van der Waals surface area contributed by atoms with Crippen molar-refractivity contribution in [3.05, 3.63) is 54.1 Å². The maximum atomic E-state index is 11.9. The molecule has 2 rings (SSSR count). The average molecular weight is 258 g/mol. The van der Waals surface area contributed by atoms with E-state index in [1.807, 2.05) is 30.5 Å². The van der Waals surface area contributed by atoms with Crippen LogP contribution in [0.3, 0.4) is 0 Å². The Bertz CT molecular complexity index is 552. The van der Waals surface area contributed by atoms with Crippen LogP contribution in [0.5, 0.6) is 0 Å². The molecule has 0 aliphatic heterocycles. The number of nitrogen functional groups attached to an aromatic ring is 1. The number of anilines is 2. The second kappa shape index (κ2) is 5.60. The van der Waals surface area contributed by atoms with Gasteiger partial charge in [-0.25, -0.2) is 0 Å². The van der Waals surface area contributed by atoms with Gasteiger partial charge in [-0.15, -0.1) is 11.8 Å². The van der Waals surface area contributed by atoms with Gasteiger partial charge in [-0.2, -0.15) is 0 Å². The molecular weight excluding hydrogens is 244 g/mol. The molecule has 2 aromatic rings. The third-order valence-corrected chi connectivity index (χ3v) is 3.24. The molecule has 0 aliphatic carbocycles. The summed E-state index contributed by atoms with van der Waals surface area (Å²) in [5, 5.41) is 2.83. The van der Waals surface area contributed by atoms with Crippen molar-refractivity contribution in [1.82, 2.24) is 0 Å². The van der Waals surface area contributed by atoms with Crippen LogP contribution in [-0.2, 0) is 0 Å². The number of thioether (sulfide) groups is 1. The summed E-state index contributed by atoms with van der Waals surface area (Å²) in [7, 11) is 0. The first-order chi connectivity index (χ1) is 8.69. The van der Waals surface area contributed by atoms with Crippen LogP contribution >= 0.6 is 11.8 Å². The Morgan fingerprint density at radius 3 is 2.50 bits per heavy atom. The molecule has 0 spiro atoms. The maximum Gasteiger partial charge on any atom is 0.255 e. The van der Waals surface area contributed by atoms with Gasteiger partial charge in [0.25, 0.3) is 5.91 Å². The molecule has 0 saturated heterocycles. The summed E-state index contributed by atoms with van der Waals surface area (Å²) in [6.45, 7) is 0. The van der Waals surface area contributed by atoms with E-state index in [-0.39, 0.29) is 5.91 Å². The molecule has 3 N–H and O–H groups in total. The van der Waals surface area contributed by atoms with Gasteiger partial charge < -0.3 is 11.1 Å². The maximum absolute atomic E-state index is 11.9. The van der Waals surface area contributed by atoms with E-state index in [9.17, 15) is 4.79 Å².